The van der Waals surface area contributed by atoms with E-state index in [2.05, 4.69) is 42.3 Å². The van der Waals surface area contributed by atoms with Crippen molar-refractivity contribution in [3.63, 3.8) is 0 Å². The van der Waals surface area contributed by atoms with Gasteiger partial charge in [-0.3, -0.25) is 24.6 Å². The second kappa shape index (κ2) is 17.4. The summed E-state index contributed by atoms with van der Waals surface area (Å²) in [4.78, 5) is 50.9. The van der Waals surface area contributed by atoms with Crippen LogP contribution in [0.1, 0.15) is 88.2 Å². The lowest BCUT2D eigenvalue weighted by molar-refractivity contribution is -0.134. The van der Waals surface area contributed by atoms with Crippen molar-refractivity contribution in [3.8, 4) is 0 Å². The number of hydrogen-bond acceptors (Lipinski definition) is 10. The van der Waals surface area contributed by atoms with Gasteiger partial charge < -0.3 is 15.2 Å². The Bertz CT molecular complexity index is 1890. The predicted octanol–water partition coefficient (Wildman–Crippen LogP) is 4.39. The molecule has 1 aliphatic carbocycles. The summed E-state index contributed by atoms with van der Waals surface area (Å²) in [6, 6.07) is 8.96. The lowest BCUT2D eigenvalue weighted by Crippen LogP contribution is -2.47. The van der Waals surface area contributed by atoms with E-state index in [4.69, 9.17) is 0 Å². The van der Waals surface area contributed by atoms with E-state index in [0.717, 1.165) is 49.4 Å². The molecule has 4 fully saturated rings. The van der Waals surface area contributed by atoms with Gasteiger partial charge in [-0.15, -0.1) is 0 Å². The van der Waals surface area contributed by atoms with Crippen LogP contribution in [0.2, 0.25) is 0 Å². The average Bonchev–Trinajstić information content (AvgIpc) is 3.63. The number of alkyl halides is 2. The molecular weight excluding hydrogens is 707 g/mol. The molecule has 0 spiro atoms. The third kappa shape index (κ3) is 10.1. The number of carbonyl (C=O) groups excluding carboxylic acids is 2. The molecule has 1 atom stereocenters. The van der Waals surface area contributed by atoms with Gasteiger partial charge in [0, 0.05) is 69.0 Å². The van der Waals surface area contributed by atoms with E-state index in [-0.39, 0.29) is 41.1 Å². The van der Waals surface area contributed by atoms with Gasteiger partial charge in [0.1, 0.15) is 5.65 Å². The minimum Gasteiger partial charge on any atom is -0.369 e. The minimum atomic E-state index is -3.41. The first-order chi connectivity index (χ1) is 25.4. The van der Waals surface area contributed by atoms with E-state index >= 15 is 0 Å². The molecule has 1 saturated carbocycles. The summed E-state index contributed by atoms with van der Waals surface area (Å²) in [5.74, 6) is 0.603. The molecule has 288 valence electrons. The molecule has 2 amide bonds. The maximum Gasteiger partial charge on any atom is 0.269 e. The van der Waals surface area contributed by atoms with Crippen molar-refractivity contribution >= 4 is 44.5 Å². The van der Waals surface area contributed by atoms with Gasteiger partial charge in [-0.2, -0.15) is 4.98 Å². The summed E-state index contributed by atoms with van der Waals surface area (Å²) in [5, 5.41) is 5.88. The number of carbonyl (C=O) groups is 2. The number of hydrogen-bond donors (Lipinski definition) is 3. The zero-order valence-electron chi connectivity index (χ0n) is 30.2. The Kier molecular flexibility index (Phi) is 12.7. The zero-order valence-corrected chi connectivity index (χ0v) is 31.1. The van der Waals surface area contributed by atoms with E-state index in [9.17, 15) is 31.6 Å². The maximum atomic E-state index is 13.1. The fourth-order valence-electron chi connectivity index (χ4n) is 7.59. The third-order valence-corrected chi connectivity index (χ3v) is 12.8. The van der Waals surface area contributed by atoms with E-state index in [1.807, 2.05) is 24.3 Å². The molecule has 3 aliphatic heterocycles. The first-order valence-electron chi connectivity index (χ1n) is 18.8. The number of anilines is 2. The van der Waals surface area contributed by atoms with Crippen molar-refractivity contribution in [2.75, 3.05) is 61.8 Å². The van der Waals surface area contributed by atoms with Gasteiger partial charge >= 0.3 is 0 Å². The topological polar surface area (TPSA) is 161 Å². The van der Waals surface area contributed by atoms with Gasteiger partial charge in [-0.05, 0) is 61.9 Å². The number of fused-ring (bicyclic) bond motifs is 1. The second-order valence-electron chi connectivity index (χ2n) is 14.7. The van der Waals surface area contributed by atoms with Crippen molar-refractivity contribution < 1.29 is 26.8 Å². The van der Waals surface area contributed by atoms with Crippen LogP contribution >= 0.6 is 0 Å². The normalized spacial score (nSPS) is 21.1. The monoisotopic (exact) mass is 756 g/mol. The smallest absolute Gasteiger partial charge is 0.269 e. The molecule has 5 heterocycles. The summed E-state index contributed by atoms with van der Waals surface area (Å²) in [6.07, 6.45) is 6.94. The number of aromatic amines is 1. The first kappa shape index (κ1) is 38.7. The quantitative estimate of drug-likeness (QED) is 0.253. The van der Waals surface area contributed by atoms with Crippen molar-refractivity contribution in [3.05, 3.63) is 58.0 Å². The molecule has 4 aliphatic rings. The molecule has 1 unspecified atom stereocenters. The number of rotatable bonds is 10. The maximum absolute atomic E-state index is 13.1. The molecule has 16 heteroatoms. The number of aromatic nitrogens is 3. The second-order valence-corrected chi connectivity index (χ2v) is 16.7. The van der Waals surface area contributed by atoms with E-state index in [0.29, 0.717) is 57.1 Å². The summed E-state index contributed by atoms with van der Waals surface area (Å²) in [6.45, 7) is 7.05. The third-order valence-electron chi connectivity index (χ3n) is 10.8. The lowest BCUT2D eigenvalue weighted by atomic mass is 9.90. The summed E-state index contributed by atoms with van der Waals surface area (Å²) >= 11 is 0. The largest absolute Gasteiger partial charge is 0.369 e. The predicted molar refractivity (Wildman–Crippen MR) is 200 cm³/mol. The van der Waals surface area contributed by atoms with Crippen molar-refractivity contribution in [1.82, 2.24) is 29.5 Å². The standard InChI is InChI=1S/C31H38F2N8O5S.C6H12/c32-27(33)25-18-21-19-34-31(38-28(21)37-30(25)44)35-22-8-11-41(12-9-22)47(45,46)17-1-10-39-13-15-40(16-14-39)23-4-2-20(3-5-23)24-6-7-26(42)36-29(24)43;1-6-4-2-3-5-6/h2-5,18-19,22,24,27H,1,6-17H2,(H,36,42,43)(H2,34,35,37,38,44);6H,2-5H2,1H3. The summed E-state index contributed by atoms with van der Waals surface area (Å²) in [5.41, 5.74) is 0.607. The molecular formula is C37H50F2N8O5S. The number of H-pyrrole nitrogens is 1. The van der Waals surface area contributed by atoms with Crippen LogP contribution in [0.4, 0.5) is 20.4 Å². The van der Waals surface area contributed by atoms with Crippen LogP contribution in [-0.2, 0) is 19.6 Å². The number of sulfonamides is 1. The molecule has 53 heavy (non-hydrogen) atoms. The molecule has 3 aromatic rings. The van der Waals surface area contributed by atoms with E-state index < -0.39 is 27.6 Å². The highest BCUT2D eigenvalue weighted by Crippen LogP contribution is 2.28. The molecule has 0 radical (unpaired) electrons. The molecule has 7 rings (SSSR count). The Balaban J connectivity index is 0.000000729. The number of nitrogens with zero attached hydrogens (tertiary/aromatic N) is 5. The number of piperidine rings is 2. The average molecular weight is 757 g/mol. The van der Waals surface area contributed by atoms with Gasteiger partial charge in [0.05, 0.1) is 17.2 Å². The van der Waals surface area contributed by atoms with Gasteiger partial charge in [0.2, 0.25) is 27.8 Å². The fourth-order valence-corrected chi connectivity index (χ4v) is 9.11. The number of pyridine rings is 1. The Labute approximate surface area is 309 Å². The lowest BCUT2D eigenvalue weighted by Gasteiger charge is -2.36. The number of halogens is 2. The van der Waals surface area contributed by atoms with Crippen molar-refractivity contribution in [2.45, 2.75) is 83.1 Å². The van der Waals surface area contributed by atoms with Crippen molar-refractivity contribution in [2.24, 2.45) is 5.92 Å². The molecule has 13 nitrogen and oxygen atoms in total. The SMILES string of the molecule is CC1CCCC1.O=C1CCC(c2ccc(N3CCN(CCCS(=O)(=O)N4CCC(Nc5ncc6cc(C(F)F)c(=O)[nH]c6n5)CC4)CC3)cc2)C(=O)N1. The Morgan fingerprint density at radius 1 is 0.943 bits per heavy atom. The number of nitrogens with one attached hydrogen (secondary N) is 3. The molecule has 1 aromatic carbocycles. The number of benzene rings is 1. The van der Waals surface area contributed by atoms with Crippen molar-refractivity contribution in [1.29, 1.82) is 0 Å². The summed E-state index contributed by atoms with van der Waals surface area (Å²) < 4.78 is 53.7. The van der Waals surface area contributed by atoms with Crippen LogP contribution in [0.15, 0.2) is 41.3 Å². The minimum absolute atomic E-state index is 0.0733. The van der Waals surface area contributed by atoms with Gasteiger partial charge in [0.15, 0.2) is 0 Å². The number of imide groups is 1. The highest BCUT2D eigenvalue weighted by atomic mass is 32.2. The Morgan fingerprint density at radius 3 is 2.26 bits per heavy atom. The van der Waals surface area contributed by atoms with Crippen LogP contribution in [-0.4, -0.2) is 102 Å². The van der Waals surface area contributed by atoms with Gasteiger partial charge in [0.25, 0.3) is 12.0 Å². The fraction of sp³-hybridized carbons (Fsp3) is 0.595. The Morgan fingerprint density at radius 2 is 1.64 bits per heavy atom. The summed E-state index contributed by atoms with van der Waals surface area (Å²) in [7, 11) is -3.41. The highest BCUT2D eigenvalue weighted by molar-refractivity contribution is 7.89. The van der Waals surface area contributed by atoms with Crippen LogP contribution in [0.5, 0.6) is 0 Å². The highest BCUT2D eigenvalue weighted by Gasteiger charge is 2.30. The van der Waals surface area contributed by atoms with Crippen LogP contribution < -0.4 is 21.1 Å². The van der Waals surface area contributed by atoms with Gasteiger partial charge in [-0.25, -0.2) is 26.5 Å². The molecule has 3 N–H and O–H groups in total. The first-order valence-corrected chi connectivity index (χ1v) is 20.4. The molecule has 3 saturated heterocycles. The number of piperazine rings is 1. The zero-order chi connectivity index (χ0) is 37.5. The number of amides is 2. The van der Waals surface area contributed by atoms with Crippen LogP contribution in [0.3, 0.4) is 0 Å². The molecule has 2 aromatic heterocycles. The van der Waals surface area contributed by atoms with Gasteiger partial charge in [-0.1, -0.05) is 44.7 Å². The van der Waals surface area contributed by atoms with Crippen LogP contribution in [0.25, 0.3) is 11.0 Å². The Hall–Kier alpha value is -4.02. The van der Waals surface area contributed by atoms with E-state index in [1.165, 1.54) is 36.2 Å². The van der Waals surface area contributed by atoms with E-state index in [1.54, 1.807) is 0 Å². The molecule has 0 bridgehead atoms. The van der Waals surface area contributed by atoms with Crippen LogP contribution in [0, 0.1) is 5.92 Å².